The highest BCUT2D eigenvalue weighted by atomic mass is 35.5. The molecule has 5 rings (SSSR count). The van der Waals surface area contributed by atoms with Gasteiger partial charge in [-0.1, -0.05) is 29.8 Å². The van der Waals surface area contributed by atoms with E-state index in [2.05, 4.69) is 15.1 Å². The Balaban J connectivity index is 1.67. The normalized spacial score (nSPS) is 11.3. The van der Waals surface area contributed by atoms with Crippen LogP contribution in [-0.2, 0) is 0 Å². The molecule has 7 heteroatoms. The van der Waals surface area contributed by atoms with Crippen LogP contribution in [0.2, 0.25) is 5.02 Å². The molecule has 0 saturated carbocycles. The zero-order chi connectivity index (χ0) is 18.4. The van der Waals surface area contributed by atoms with Gasteiger partial charge in [-0.05, 0) is 31.2 Å². The summed E-state index contributed by atoms with van der Waals surface area (Å²) in [5, 5.41) is 5.88. The number of nitrogens with zero attached hydrogens (tertiary/aromatic N) is 5. The van der Waals surface area contributed by atoms with Gasteiger partial charge in [-0.3, -0.25) is 0 Å². The maximum Gasteiger partial charge on any atom is 0.230 e. The average molecular weight is 376 g/mol. The molecule has 0 aliphatic carbocycles. The maximum atomic E-state index is 6.40. The number of halogens is 1. The predicted molar refractivity (Wildman–Crippen MR) is 104 cm³/mol. The Morgan fingerprint density at radius 2 is 1.96 bits per heavy atom. The molecule has 0 fully saturated rings. The van der Waals surface area contributed by atoms with Gasteiger partial charge in [0.25, 0.3) is 0 Å². The van der Waals surface area contributed by atoms with Gasteiger partial charge in [-0.25, -0.2) is 9.50 Å². The van der Waals surface area contributed by atoms with E-state index in [4.69, 9.17) is 16.3 Å². The molecule has 0 aliphatic rings. The summed E-state index contributed by atoms with van der Waals surface area (Å²) in [5.41, 5.74) is 3.15. The van der Waals surface area contributed by atoms with Crippen LogP contribution in [0.1, 0.15) is 5.69 Å². The lowest BCUT2D eigenvalue weighted by molar-refractivity contribution is 0.469. The fourth-order valence-electron chi connectivity index (χ4n) is 3.06. The van der Waals surface area contributed by atoms with Gasteiger partial charge < -0.3 is 9.30 Å². The maximum absolute atomic E-state index is 6.40. The van der Waals surface area contributed by atoms with Gasteiger partial charge in [0.1, 0.15) is 10.8 Å². The van der Waals surface area contributed by atoms with E-state index in [1.54, 1.807) is 17.0 Å². The van der Waals surface area contributed by atoms with Gasteiger partial charge >= 0.3 is 0 Å². The molecular formula is C20H14ClN5O. The molecule has 0 unspecified atom stereocenters. The van der Waals surface area contributed by atoms with Crippen molar-refractivity contribution in [1.29, 1.82) is 0 Å². The minimum Gasteiger partial charge on any atom is -0.438 e. The highest BCUT2D eigenvalue weighted by Crippen LogP contribution is 2.32. The first kappa shape index (κ1) is 15.8. The highest BCUT2D eigenvalue weighted by molar-refractivity contribution is 6.34. The van der Waals surface area contributed by atoms with Crippen molar-refractivity contribution in [3.63, 3.8) is 0 Å². The summed E-state index contributed by atoms with van der Waals surface area (Å²) in [6.07, 6.45) is 5.36. The van der Waals surface area contributed by atoms with Crippen molar-refractivity contribution in [3.8, 4) is 17.3 Å². The van der Waals surface area contributed by atoms with Crippen molar-refractivity contribution < 1.29 is 4.74 Å². The molecule has 0 N–H and O–H groups in total. The predicted octanol–water partition coefficient (Wildman–Crippen LogP) is 4.82. The minimum atomic E-state index is 0.489. The monoisotopic (exact) mass is 375 g/mol. The standard InChI is InChI=1S/C20H14ClN5O/c1-13-18(21)19-23-20(16-7-2-3-8-17(16)26(19)24-13)27-15-6-4-5-14(11-15)25-10-9-22-12-25/h2-12H,1H3. The first-order valence-corrected chi connectivity index (χ1v) is 8.78. The van der Waals surface area contributed by atoms with E-state index >= 15 is 0 Å². The van der Waals surface area contributed by atoms with Crippen LogP contribution < -0.4 is 4.74 Å². The van der Waals surface area contributed by atoms with Crippen molar-refractivity contribution in [1.82, 2.24) is 24.1 Å². The lowest BCUT2D eigenvalue weighted by atomic mass is 10.2. The largest absolute Gasteiger partial charge is 0.438 e. The molecule has 0 saturated heterocycles. The summed E-state index contributed by atoms with van der Waals surface area (Å²) in [5.74, 6) is 1.17. The number of ether oxygens (including phenoxy) is 1. The van der Waals surface area contributed by atoms with Gasteiger partial charge in [-0.15, -0.1) is 0 Å². The molecule has 0 radical (unpaired) electrons. The van der Waals surface area contributed by atoms with Gasteiger partial charge in [0.2, 0.25) is 5.88 Å². The number of hydrogen-bond acceptors (Lipinski definition) is 4. The topological polar surface area (TPSA) is 57.2 Å². The Morgan fingerprint density at radius 1 is 1.07 bits per heavy atom. The van der Waals surface area contributed by atoms with E-state index in [9.17, 15) is 0 Å². The minimum absolute atomic E-state index is 0.489. The number of fused-ring (bicyclic) bond motifs is 3. The van der Waals surface area contributed by atoms with Crippen LogP contribution in [0, 0.1) is 6.92 Å². The summed E-state index contributed by atoms with van der Waals surface area (Å²) >= 11 is 6.40. The van der Waals surface area contributed by atoms with Crippen LogP contribution in [0.25, 0.3) is 22.2 Å². The Morgan fingerprint density at radius 3 is 2.81 bits per heavy atom. The van der Waals surface area contributed by atoms with Crippen LogP contribution in [0.15, 0.2) is 67.3 Å². The number of hydrogen-bond donors (Lipinski definition) is 0. The summed E-state index contributed by atoms with van der Waals surface area (Å²) in [7, 11) is 0. The molecule has 6 nitrogen and oxygen atoms in total. The molecule has 0 aliphatic heterocycles. The van der Waals surface area contributed by atoms with Crippen molar-refractivity contribution in [3.05, 3.63) is 78.0 Å². The number of rotatable bonds is 3. The third kappa shape index (κ3) is 2.62. The Kier molecular flexibility index (Phi) is 3.58. The first-order valence-electron chi connectivity index (χ1n) is 8.40. The van der Waals surface area contributed by atoms with Gasteiger partial charge in [-0.2, -0.15) is 10.1 Å². The number of imidazole rings is 1. The van der Waals surface area contributed by atoms with Crippen molar-refractivity contribution in [2.75, 3.05) is 0 Å². The first-order chi connectivity index (χ1) is 13.2. The number of aryl methyl sites for hydroxylation is 1. The smallest absolute Gasteiger partial charge is 0.230 e. The van der Waals surface area contributed by atoms with Crippen LogP contribution in [-0.4, -0.2) is 24.1 Å². The van der Waals surface area contributed by atoms with Crippen LogP contribution in [0.5, 0.6) is 11.6 Å². The van der Waals surface area contributed by atoms with Crippen LogP contribution in [0.4, 0.5) is 0 Å². The van der Waals surface area contributed by atoms with E-state index < -0.39 is 0 Å². The second-order valence-corrected chi connectivity index (χ2v) is 6.52. The summed E-state index contributed by atoms with van der Waals surface area (Å²) < 4.78 is 9.83. The molecule has 3 aromatic heterocycles. The number of aromatic nitrogens is 5. The van der Waals surface area contributed by atoms with Crippen molar-refractivity contribution in [2.24, 2.45) is 0 Å². The summed E-state index contributed by atoms with van der Waals surface area (Å²) in [6.45, 7) is 1.86. The van der Waals surface area contributed by atoms with Crippen LogP contribution >= 0.6 is 11.6 Å². The van der Waals surface area contributed by atoms with Crippen LogP contribution in [0.3, 0.4) is 0 Å². The second kappa shape index (κ2) is 6.10. The van der Waals surface area contributed by atoms with Crippen molar-refractivity contribution >= 4 is 28.2 Å². The zero-order valence-corrected chi connectivity index (χ0v) is 15.1. The lowest BCUT2D eigenvalue weighted by Gasteiger charge is -2.11. The second-order valence-electron chi connectivity index (χ2n) is 6.14. The van der Waals surface area contributed by atoms with Gasteiger partial charge in [0, 0.05) is 18.5 Å². The highest BCUT2D eigenvalue weighted by Gasteiger charge is 2.16. The van der Waals surface area contributed by atoms with Gasteiger partial charge in [0.15, 0.2) is 5.65 Å². The lowest BCUT2D eigenvalue weighted by Crippen LogP contribution is -1.98. The quantitative estimate of drug-likeness (QED) is 0.453. The molecule has 0 spiro atoms. The molecule has 0 atom stereocenters. The SMILES string of the molecule is Cc1nn2c(nc(Oc3cccc(-n4ccnc4)c3)c3ccccc32)c1Cl. The van der Waals surface area contributed by atoms with E-state index in [0.29, 0.717) is 22.3 Å². The number of para-hydroxylation sites is 1. The summed E-state index contributed by atoms with van der Waals surface area (Å²) in [6, 6.07) is 15.6. The molecule has 5 aromatic rings. The molecule has 2 aromatic carbocycles. The Bertz CT molecular complexity index is 1280. The zero-order valence-electron chi connectivity index (χ0n) is 14.4. The molecule has 0 amide bonds. The van der Waals surface area contributed by atoms with Crippen molar-refractivity contribution in [2.45, 2.75) is 6.92 Å². The fourth-order valence-corrected chi connectivity index (χ4v) is 3.23. The van der Waals surface area contributed by atoms with E-state index in [1.807, 2.05) is 66.2 Å². The third-order valence-corrected chi connectivity index (χ3v) is 4.81. The summed E-state index contributed by atoms with van der Waals surface area (Å²) in [4.78, 5) is 8.72. The van der Waals surface area contributed by atoms with E-state index in [-0.39, 0.29) is 0 Å². The number of benzene rings is 2. The molecular weight excluding hydrogens is 362 g/mol. The fraction of sp³-hybridized carbons (Fsp3) is 0.0500. The van der Waals surface area contributed by atoms with Gasteiger partial charge in [0.05, 0.1) is 28.6 Å². The van der Waals surface area contributed by atoms with E-state index in [0.717, 1.165) is 22.3 Å². The third-order valence-electron chi connectivity index (χ3n) is 4.37. The Labute approximate surface area is 159 Å². The molecule has 0 bridgehead atoms. The molecule has 132 valence electrons. The molecule has 3 heterocycles. The Hall–Kier alpha value is -3.38. The molecule has 27 heavy (non-hydrogen) atoms. The average Bonchev–Trinajstić information content (AvgIpc) is 3.32. The van der Waals surface area contributed by atoms with E-state index in [1.165, 1.54) is 0 Å².